The van der Waals surface area contributed by atoms with Gasteiger partial charge in [-0.3, -0.25) is 14.9 Å². The number of carboxylic acid groups (broad SMARTS) is 1. The Bertz CT molecular complexity index is 713. The lowest BCUT2D eigenvalue weighted by Gasteiger charge is -2.19. The second-order valence-electron chi connectivity index (χ2n) is 4.84. The molecule has 0 spiro atoms. The molecule has 1 atom stereocenters. The quantitative estimate of drug-likeness (QED) is 0.622. The first-order valence-corrected chi connectivity index (χ1v) is 6.77. The molecule has 0 bridgehead atoms. The Morgan fingerprint density at radius 3 is 2.17 bits per heavy atom. The summed E-state index contributed by atoms with van der Waals surface area (Å²) in [4.78, 5) is 33.2. The second kappa shape index (κ2) is 7.17. The van der Waals surface area contributed by atoms with Crippen molar-refractivity contribution < 1.29 is 19.6 Å². The molecule has 0 aromatic heterocycles. The lowest BCUT2D eigenvalue weighted by atomic mass is 10.1. The third-order valence-electron chi connectivity index (χ3n) is 3.21. The van der Waals surface area contributed by atoms with Crippen LogP contribution in [0.2, 0.25) is 0 Å². The minimum atomic E-state index is -1.40. The molecule has 2 aromatic rings. The fourth-order valence-electron chi connectivity index (χ4n) is 2.02. The lowest BCUT2D eigenvalue weighted by Crippen LogP contribution is -2.49. The van der Waals surface area contributed by atoms with Crippen LogP contribution < -0.4 is 10.4 Å². The fourth-order valence-corrected chi connectivity index (χ4v) is 2.02. The van der Waals surface area contributed by atoms with Crippen molar-refractivity contribution in [3.8, 4) is 0 Å². The molecule has 2 rings (SSSR count). The zero-order valence-corrected chi connectivity index (χ0v) is 12.0. The van der Waals surface area contributed by atoms with Gasteiger partial charge >= 0.3 is 0 Å². The molecule has 1 N–H and O–H groups in total. The molecule has 23 heavy (non-hydrogen) atoms. The van der Waals surface area contributed by atoms with Gasteiger partial charge in [0.15, 0.2) is 0 Å². The first-order valence-electron chi connectivity index (χ1n) is 6.77. The number of carboxylic acids is 1. The molecule has 0 radical (unpaired) electrons. The Morgan fingerprint density at radius 2 is 1.65 bits per heavy atom. The minimum Gasteiger partial charge on any atom is -0.548 e. The highest BCUT2D eigenvalue weighted by atomic mass is 16.6. The summed E-state index contributed by atoms with van der Waals surface area (Å²) in [5.74, 6) is -2.03. The summed E-state index contributed by atoms with van der Waals surface area (Å²) in [5.41, 5.74) is 0.725. The highest BCUT2D eigenvalue weighted by Gasteiger charge is 2.16. The zero-order valence-electron chi connectivity index (χ0n) is 12.0. The van der Waals surface area contributed by atoms with Gasteiger partial charge in [-0.25, -0.2) is 0 Å². The average molecular weight is 313 g/mol. The summed E-state index contributed by atoms with van der Waals surface area (Å²) >= 11 is 0. The van der Waals surface area contributed by atoms with Gasteiger partial charge in [-0.1, -0.05) is 30.3 Å². The number of hydrogen-bond acceptors (Lipinski definition) is 5. The lowest BCUT2D eigenvalue weighted by molar-refractivity contribution is -0.384. The Morgan fingerprint density at radius 1 is 1.04 bits per heavy atom. The van der Waals surface area contributed by atoms with E-state index in [0.717, 1.165) is 5.56 Å². The standard InChI is InChI=1S/C16H14N2O5/c19-15(12-6-8-13(9-7-12)18(22)23)17-14(16(20)21)10-11-4-2-1-3-5-11/h1-9,14H,10H2,(H,17,19)(H,20,21)/p-1/t14-/m0/s1. The number of amides is 1. The molecule has 7 heteroatoms. The Hall–Kier alpha value is -3.22. The maximum absolute atomic E-state index is 12.1. The Kier molecular flexibility index (Phi) is 5.03. The van der Waals surface area contributed by atoms with Gasteiger partial charge < -0.3 is 15.2 Å². The predicted octanol–water partition coefficient (Wildman–Crippen LogP) is 0.686. The smallest absolute Gasteiger partial charge is 0.269 e. The van der Waals surface area contributed by atoms with Crippen molar-refractivity contribution in [1.82, 2.24) is 5.32 Å². The van der Waals surface area contributed by atoms with Crippen molar-refractivity contribution in [1.29, 1.82) is 0 Å². The van der Waals surface area contributed by atoms with Crippen molar-refractivity contribution in [3.63, 3.8) is 0 Å². The van der Waals surface area contributed by atoms with Crippen LogP contribution in [-0.4, -0.2) is 22.8 Å². The summed E-state index contributed by atoms with van der Waals surface area (Å²) in [6, 6.07) is 12.5. The van der Waals surface area contributed by atoms with Crippen LogP contribution in [0.3, 0.4) is 0 Å². The molecule has 0 unspecified atom stereocenters. The van der Waals surface area contributed by atoms with E-state index in [0.29, 0.717) is 0 Å². The Balaban J connectivity index is 2.08. The summed E-state index contributed by atoms with van der Waals surface area (Å²) in [5, 5.41) is 24.1. The highest BCUT2D eigenvalue weighted by molar-refractivity contribution is 5.96. The number of carbonyl (C=O) groups is 2. The molecule has 0 saturated heterocycles. The second-order valence-corrected chi connectivity index (χ2v) is 4.84. The first kappa shape index (κ1) is 16.2. The van der Waals surface area contributed by atoms with Crippen LogP contribution in [0, 0.1) is 10.1 Å². The van der Waals surface area contributed by atoms with E-state index < -0.39 is 22.8 Å². The summed E-state index contributed by atoms with van der Waals surface area (Å²) in [6.07, 6.45) is 0.0852. The largest absolute Gasteiger partial charge is 0.548 e. The van der Waals surface area contributed by atoms with Crippen molar-refractivity contribution in [2.75, 3.05) is 0 Å². The zero-order chi connectivity index (χ0) is 16.8. The van der Waals surface area contributed by atoms with Crippen LogP contribution in [0.4, 0.5) is 5.69 Å². The maximum atomic E-state index is 12.1. The van der Waals surface area contributed by atoms with Crippen molar-refractivity contribution in [2.45, 2.75) is 12.5 Å². The first-order chi connectivity index (χ1) is 11.0. The minimum absolute atomic E-state index is 0.0852. The molecule has 0 aliphatic carbocycles. The van der Waals surface area contributed by atoms with Gasteiger partial charge in [0.25, 0.3) is 11.6 Å². The van der Waals surface area contributed by atoms with Gasteiger partial charge in [0, 0.05) is 17.7 Å². The molecule has 118 valence electrons. The predicted molar refractivity (Wildman–Crippen MR) is 79.5 cm³/mol. The van der Waals surface area contributed by atoms with E-state index in [4.69, 9.17) is 0 Å². The number of benzene rings is 2. The summed E-state index contributed by atoms with van der Waals surface area (Å²) in [7, 11) is 0. The molecular formula is C16H13N2O5-. The van der Waals surface area contributed by atoms with Gasteiger partial charge in [0.2, 0.25) is 0 Å². The summed E-state index contributed by atoms with van der Waals surface area (Å²) in [6.45, 7) is 0. The van der Waals surface area contributed by atoms with Gasteiger partial charge in [-0.2, -0.15) is 0 Å². The van der Waals surface area contributed by atoms with Crippen LogP contribution in [0.5, 0.6) is 0 Å². The molecule has 0 aliphatic rings. The maximum Gasteiger partial charge on any atom is 0.269 e. The molecule has 7 nitrogen and oxygen atoms in total. The van der Waals surface area contributed by atoms with Crippen LogP contribution in [0.1, 0.15) is 15.9 Å². The van der Waals surface area contributed by atoms with Crippen LogP contribution in [0.15, 0.2) is 54.6 Å². The number of nitrogens with one attached hydrogen (secondary N) is 1. The van der Waals surface area contributed by atoms with E-state index in [1.165, 1.54) is 24.3 Å². The van der Waals surface area contributed by atoms with Crippen molar-refractivity contribution in [3.05, 3.63) is 75.8 Å². The van der Waals surface area contributed by atoms with Crippen LogP contribution >= 0.6 is 0 Å². The number of rotatable bonds is 6. The third-order valence-corrected chi connectivity index (χ3v) is 3.21. The van der Waals surface area contributed by atoms with Gasteiger partial charge in [0.05, 0.1) is 16.9 Å². The van der Waals surface area contributed by atoms with E-state index >= 15 is 0 Å². The molecule has 0 heterocycles. The molecule has 0 aliphatic heterocycles. The molecule has 0 fully saturated rings. The average Bonchev–Trinajstić information content (AvgIpc) is 2.55. The topological polar surface area (TPSA) is 112 Å². The number of hydrogen-bond donors (Lipinski definition) is 1. The third kappa shape index (κ3) is 4.37. The Labute approximate surface area is 131 Å². The number of non-ortho nitro benzene ring substituents is 1. The summed E-state index contributed by atoms with van der Waals surface area (Å²) < 4.78 is 0. The monoisotopic (exact) mass is 313 g/mol. The SMILES string of the molecule is O=C(N[C@@H](Cc1ccccc1)C(=O)[O-])c1ccc([N+](=O)[O-])cc1. The normalized spacial score (nSPS) is 11.5. The highest BCUT2D eigenvalue weighted by Crippen LogP contribution is 2.12. The molecule has 0 saturated carbocycles. The van der Waals surface area contributed by atoms with E-state index in [-0.39, 0.29) is 17.7 Å². The van der Waals surface area contributed by atoms with E-state index in [1.54, 1.807) is 30.3 Å². The van der Waals surface area contributed by atoms with Gasteiger partial charge in [-0.05, 0) is 24.1 Å². The van der Waals surface area contributed by atoms with E-state index in [2.05, 4.69) is 5.32 Å². The number of nitro groups is 1. The number of aliphatic carboxylic acids is 1. The van der Waals surface area contributed by atoms with E-state index in [9.17, 15) is 24.8 Å². The van der Waals surface area contributed by atoms with Crippen LogP contribution in [-0.2, 0) is 11.2 Å². The van der Waals surface area contributed by atoms with Crippen molar-refractivity contribution in [2.24, 2.45) is 0 Å². The van der Waals surface area contributed by atoms with Crippen LogP contribution in [0.25, 0.3) is 0 Å². The van der Waals surface area contributed by atoms with Gasteiger partial charge in [0.1, 0.15) is 0 Å². The molecule has 1 amide bonds. The fraction of sp³-hybridized carbons (Fsp3) is 0.125. The number of nitro benzene ring substituents is 1. The number of nitrogens with zero attached hydrogens (tertiary/aromatic N) is 1. The molecule has 2 aromatic carbocycles. The molecular weight excluding hydrogens is 300 g/mol. The number of carbonyl (C=O) groups excluding carboxylic acids is 2. The van der Waals surface area contributed by atoms with Gasteiger partial charge in [-0.15, -0.1) is 0 Å². The van der Waals surface area contributed by atoms with E-state index in [1.807, 2.05) is 0 Å². The van der Waals surface area contributed by atoms with Crippen molar-refractivity contribution >= 4 is 17.6 Å².